The molecule has 4 aromatic rings. The highest BCUT2D eigenvalue weighted by Gasteiger charge is 2.46. The Morgan fingerprint density at radius 1 is 0.912 bits per heavy atom. The number of aliphatic hydroxyl groups is 1. The number of furan rings is 1. The molecular weight excluding hydrogens is 434 g/mol. The quantitative estimate of drug-likeness (QED) is 0.400. The molecule has 1 atom stereocenters. The van der Waals surface area contributed by atoms with Crippen LogP contribution >= 0.6 is 0 Å². The number of carbonyl (C=O) groups is 2. The second-order valence-corrected chi connectivity index (χ2v) is 7.74. The molecule has 7 heteroatoms. The number of ketones is 1. The van der Waals surface area contributed by atoms with Gasteiger partial charge >= 0.3 is 0 Å². The zero-order valence-electron chi connectivity index (χ0n) is 18.5. The predicted octanol–water partition coefficient (Wildman–Crippen LogP) is 5.23. The minimum Gasteiger partial charge on any atom is -0.503 e. The van der Waals surface area contributed by atoms with Gasteiger partial charge in [0.15, 0.2) is 22.9 Å². The molecule has 1 amide bonds. The van der Waals surface area contributed by atoms with Gasteiger partial charge in [-0.2, -0.15) is 0 Å². The zero-order valence-corrected chi connectivity index (χ0v) is 18.5. The van der Waals surface area contributed by atoms with Crippen molar-refractivity contribution in [3.05, 3.63) is 102 Å². The van der Waals surface area contributed by atoms with Crippen molar-refractivity contribution in [1.82, 2.24) is 0 Å². The van der Waals surface area contributed by atoms with Gasteiger partial charge < -0.3 is 19.0 Å². The molecule has 170 valence electrons. The van der Waals surface area contributed by atoms with Crippen molar-refractivity contribution in [1.29, 1.82) is 0 Å². The van der Waals surface area contributed by atoms with Gasteiger partial charge in [0.25, 0.3) is 5.91 Å². The normalized spacial score (nSPS) is 15.8. The van der Waals surface area contributed by atoms with E-state index in [0.29, 0.717) is 33.7 Å². The summed E-state index contributed by atoms with van der Waals surface area (Å²) in [6.07, 6.45) is 0. The van der Waals surface area contributed by atoms with Crippen molar-refractivity contribution < 1.29 is 28.6 Å². The fourth-order valence-electron chi connectivity index (χ4n) is 4.31. The molecule has 0 spiro atoms. The van der Waals surface area contributed by atoms with Gasteiger partial charge in [0.1, 0.15) is 5.75 Å². The lowest BCUT2D eigenvalue weighted by molar-refractivity contribution is -0.117. The summed E-state index contributed by atoms with van der Waals surface area (Å²) in [5.74, 6) is -1.00. The van der Waals surface area contributed by atoms with Crippen LogP contribution in [0.15, 0.2) is 94.6 Å². The number of rotatable bonds is 6. The lowest BCUT2D eigenvalue weighted by Crippen LogP contribution is -2.31. The Labute approximate surface area is 195 Å². The van der Waals surface area contributed by atoms with Crippen molar-refractivity contribution in [3.8, 4) is 11.5 Å². The van der Waals surface area contributed by atoms with Crippen LogP contribution in [-0.2, 0) is 4.79 Å². The first-order valence-corrected chi connectivity index (χ1v) is 10.6. The number of amides is 1. The van der Waals surface area contributed by atoms with Crippen LogP contribution in [0, 0.1) is 0 Å². The van der Waals surface area contributed by atoms with Crippen molar-refractivity contribution in [3.63, 3.8) is 0 Å². The van der Waals surface area contributed by atoms with Gasteiger partial charge in [0, 0.05) is 5.39 Å². The molecule has 3 aromatic carbocycles. The van der Waals surface area contributed by atoms with Crippen molar-refractivity contribution in [2.75, 3.05) is 19.1 Å². The molecule has 0 saturated heterocycles. The molecule has 0 radical (unpaired) electrons. The summed E-state index contributed by atoms with van der Waals surface area (Å²) in [7, 11) is 3.01. The molecule has 7 nitrogen and oxygen atoms in total. The Morgan fingerprint density at radius 3 is 2.32 bits per heavy atom. The highest BCUT2D eigenvalue weighted by molar-refractivity contribution is 6.21. The minimum absolute atomic E-state index is 0.00309. The van der Waals surface area contributed by atoms with Gasteiger partial charge in [0.2, 0.25) is 5.78 Å². The summed E-state index contributed by atoms with van der Waals surface area (Å²) < 4.78 is 16.6. The lowest BCUT2D eigenvalue weighted by Gasteiger charge is -2.28. The molecule has 5 rings (SSSR count). The summed E-state index contributed by atoms with van der Waals surface area (Å²) in [5, 5.41) is 11.6. The third kappa shape index (κ3) is 3.29. The number of benzene rings is 3. The summed E-state index contributed by atoms with van der Waals surface area (Å²) in [4.78, 5) is 28.4. The monoisotopic (exact) mass is 455 g/mol. The highest BCUT2D eigenvalue weighted by atomic mass is 16.5. The Bertz CT molecular complexity index is 1440. The molecule has 1 unspecified atom stereocenters. The van der Waals surface area contributed by atoms with Crippen molar-refractivity contribution >= 4 is 28.3 Å². The van der Waals surface area contributed by atoms with Gasteiger partial charge in [-0.3, -0.25) is 14.5 Å². The van der Waals surface area contributed by atoms with Crippen molar-refractivity contribution in [2.24, 2.45) is 0 Å². The molecule has 1 aliphatic heterocycles. The smallest absolute Gasteiger partial charge is 0.294 e. The van der Waals surface area contributed by atoms with Crippen LogP contribution in [0.2, 0.25) is 0 Å². The number of para-hydroxylation sites is 3. The van der Waals surface area contributed by atoms with Crippen LogP contribution in [0.3, 0.4) is 0 Å². The van der Waals surface area contributed by atoms with Gasteiger partial charge in [0.05, 0.1) is 31.5 Å². The standard InChI is InChI=1S/C27H21NO6/c1-32-19-13-7-6-12-18(19)28-23(16-9-4-3-5-10-16)22(25(30)27(28)31)24(29)21-15-17-11-8-14-20(33-2)26(17)34-21/h3-15,23,30H,1-2H3. The first kappa shape index (κ1) is 21.3. The third-order valence-corrected chi connectivity index (χ3v) is 5.86. The number of fused-ring (bicyclic) bond motifs is 1. The summed E-state index contributed by atoms with van der Waals surface area (Å²) in [6, 6.07) is 22.0. The molecule has 1 N–H and O–H groups in total. The van der Waals surface area contributed by atoms with E-state index in [-0.39, 0.29) is 11.3 Å². The molecule has 2 heterocycles. The molecule has 1 aliphatic rings. The zero-order chi connectivity index (χ0) is 23.8. The SMILES string of the molecule is COc1ccccc1N1C(=O)C(O)=C(C(=O)c2cc3cccc(OC)c3o2)C1c1ccccc1. The first-order chi connectivity index (χ1) is 16.5. The van der Waals surface area contributed by atoms with Gasteiger partial charge in [-0.25, -0.2) is 0 Å². The van der Waals surface area contributed by atoms with E-state index in [2.05, 4.69) is 0 Å². The number of carbonyl (C=O) groups excluding carboxylic acids is 2. The second-order valence-electron chi connectivity index (χ2n) is 7.74. The number of hydrogen-bond acceptors (Lipinski definition) is 6. The third-order valence-electron chi connectivity index (χ3n) is 5.86. The Balaban J connectivity index is 1.67. The second kappa shape index (κ2) is 8.44. The molecule has 0 saturated carbocycles. The van der Waals surface area contributed by atoms with E-state index in [4.69, 9.17) is 13.9 Å². The van der Waals surface area contributed by atoms with Gasteiger partial charge in [-0.15, -0.1) is 0 Å². The average Bonchev–Trinajstić information content (AvgIpc) is 3.43. The van der Waals surface area contributed by atoms with E-state index in [1.807, 2.05) is 18.2 Å². The van der Waals surface area contributed by atoms with Gasteiger partial charge in [-0.05, 0) is 29.8 Å². The number of aliphatic hydroxyl groups excluding tert-OH is 1. The minimum atomic E-state index is -0.882. The maximum absolute atomic E-state index is 13.7. The maximum atomic E-state index is 13.7. The van der Waals surface area contributed by atoms with E-state index in [0.717, 1.165) is 0 Å². The fraction of sp³-hybridized carbons (Fsp3) is 0.111. The number of Topliss-reactive ketones (excluding diaryl/α,β-unsaturated/α-hetero) is 1. The number of nitrogens with zero attached hydrogens (tertiary/aromatic N) is 1. The van der Waals surface area contributed by atoms with Gasteiger partial charge in [-0.1, -0.05) is 54.6 Å². The maximum Gasteiger partial charge on any atom is 0.294 e. The predicted molar refractivity (Wildman–Crippen MR) is 126 cm³/mol. The Kier molecular flexibility index (Phi) is 5.30. The van der Waals surface area contributed by atoms with E-state index >= 15 is 0 Å². The molecule has 0 fully saturated rings. The Morgan fingerprint density at radius 2 is 1.59 bits per heavy atom. The van der Waals surface area contributed by atoms with Crippen LogP contribution in [0.5, 0.6) is 11.5 Å². The Hall–Kier alpha value is -4.52. The van der Waals surface area contributed by atoms with Crippen LogP contribution in [0.4, 0.5) is 5.69 Å². The van der Waals surface area contributed by atoms with Crippen LogP contribution in [-0.4, -0.2) is 31.0 Å². The van der Waals surface area contributed by atoms with Crippen molar-refractivity contribution in [2.45, 2.75) is 6.04 Å². The lowest BCUT2D eigenvalue weighted by atomic mass is 9.94. The molecular formula is C27H21NO6. The largest absolute Gasteiger partial charge is 0.503 e. The van der Waals surface area contributed by atoms with E-state index in [1.54, 1.807) is 60.7 Å². The molecule has 1 aromatic heterocycles. The van der Waals surface area contributed by atoms with E-state index in [9.17, 15) is 14.7 Å². The number of methoxy groups -OCH3 is 2. The average molecular weight is 455 g/mol. The topological polar surface area (TPSA) is 89.2 Å². The van der Waals surface area contributed by atoms with Crippen LogP contribution in [0.25, 0.3) is 11.0 Å². The molecule has 0 bridgehead atoms. The molecule has 0 aliphatic carbocycles. The molecule has 34 heavy (non-hydrogen) atoms. The number of ether oxygens (including phenoxy) is 2. The summed E-state index contributed by atoms with van der Waals surface area (Å²) in [6.45, 7) is 0. The van der Waals surface area contributed by atoms with E-state index < -0.39 is 23.5 Å². The number of hydrogen-bond donors (Lipinski definition) is 1. The fourth-order valence-corrected chi connectivity index (χ4v) is 4.31. The number of anilines is 1. The highest BCUT2D eigenvalue weighted by Crippen LogP contribution is 2.45. The first-order valence-electron chi connectivity index (χ1n) is 10.6. The van der Waals surface area contributed by atoms with Crippen LogP contribution < -0.4 is 14.4 Å². The van der Waals surface area contributed by atoms with Crippen LogP contribution in [0.1, 0.15) is 22.2 Å². The summed E-state index contributed by atoms with van der Waals surface area (Å²) in [5.41, 5.74) is 1.43. The van der Waals surface area contributed by atoms with E-state index in [1.165, 1.54) is 19.1 Å². The summed E-state index contributed by atoms with van der Waals surface area (Å²) >= 11 is 0.